The van der Waals surface area contributed by atoms with Crippen LogP contribution in [0.4, 0.5) is 13.2 Å². The number of hydrogen-bond donors (Lipinski definition) is 0. The molecular weight excluding hydrogens is 321 g/mol. The summed E-state index contributed by atoms with van der Waals surface area (Å²) >= 11 is 0. The van der Waals surface area contributed by atoms with Crippen LogP contribution < -0.4 is 4.74 Å². The molecule has 0 aliphatic heterocycles. The third-order valence-corrected chi connectivity index (χ3v) is 3.54. The summed E-state index contributed by atoms with van der Waals surface area (Å²) < 4.78 is 42.0. The van der Waals surface area contributed by atoms with Crippen LogP contribution in [0.5, 0.6) is 5.75 Å². The van der Waals surface area contributed by atoms with Gasteiger partial charge >= 0.3 is 6.36 Å². The standard InChI is InChI=1S/C16H13F3N4O/c1-11(12-2-4-14(5-3-12)24-16(17,18)19)13-6-7-20-15(10-13)23-9-8-21-22-23/h2-11H,1H3. The van der Waals surface area contributed by atoms with Gasteiger partial charge in [0.2, 0.25) is 0 Å². The van der Waals surface area contributed by atoms with Gasteiger partial charge in [0.25, 0.3) is 0 Å². The van der Waals surface area contributed by atoms with E-state index in [9.17, 15) is 13.2 Å². The number of aromatic nitrogens is 4. The van der Waals surface area contributed by atoms with Crippen LogP contribution in [0, 0.1) is 0 Å². The van der Waals surface area contributed by atoms with E-state index in [1.54, 1.807) is 30.7 Å². The lowest BCUT2D eigenvalue weighted by Gasteiger charge is -2.14. The molecule has 0 amide bonds. The van der Waals surface area contributed by atoms with Crippen LogP contribution in [0.3, 0.4) is 0 Å². The fraction of sp³-hybridized carbons (Fsp3) is 0.188. The van der Waals surface area contributed by atoms with Crippen molar-refractivity contribution < 1.29 is 17.9 Å². The lowest BCUT2D eigenvalue weighted by Crippen LogP contribution is -2.17. The number of halogens is 3. The number of hydrogen-bond acceptors (Lipinski definition) is 4. The maximum atomic E-state index is 12.2. The predicted octanol–water partition coefficient (Wildman–Crippen LogP) is 3.71. The van der Waals surface area contributed by atoms with Gasteiger partial charge in [-0.15, -0.1) is 18.3 Å². The SMILES string of the molecule is CC(c1ccc(OC(F)(F)F)cc1)c1ccnc(-n2ccnn2)c1. The Kier molecular flexibility index (Phi) is 4.20. The number of pyridine rings is 1. The first kappa shape index (κ1) is 16.0. The first-order valence-electron chi connectivity index (χ1n) is 7.11. The second-order valence-corrected chi connectivity index (χ2v) is 5.13. The summed E-state index contributed by atoms with van der Waals surface area (Å²) in [5.74, 6) is 0.348. The highest BCUT2D eigenvalue weighted by molar-refractivity contribution is 5.37. The smallest absolute Gasteiger partial charge is 0.406 e. The highest BCUT2D eigenvalue weighted by atomic mass is 19.4. The molecule has 0 aliphatic carbocycles. The number of alkyl halides is 3. The van der Waals surface area contributed by atoms with Crippen molar-refractivity contribution >= 4 is 0 Å². The van der Waals surface area contributed by atoms with Crippen molar-refractivity contribution in [2.75, 3.05) is 0 Å². The summed E-state index contributed by atoms with van der Waals surface area (Å²) in [6.07, 6.45) is 0.201. The van der Waals surface area contributed by atoms with Crippen LogP contribution >= 0.6 is 0 Å². The third kappa shape index (κ3) is 3.70. The van der Waals surface area contributed by atoms with E-state index in [1.807, 2.05) is 19.1 Å². The van der Waals surface area contributed by atoms with E-state index < -0.39 is 6.36 Å². The molecule has 0 spiro atoms. The van der Waals surface area contributed by atoms with Gasteiger partial charge in [-0.2, -0.15) is 0 Å². The zero-order valence-corrected chi connectivity index (χ0v) is 12.6. The zero-order chi connectivity index (χ0) is 17.2. The average molecular weight is 334 g/mol. The lowest BCUT2D eigenvalue weighted by molar-refractivity contribution is -0.274. The molecule has 3 rings (SSSR count). The van der Waals surface area contributed by atoms with Crippen LogP contribution in [0.1, 0.15) is 24.0 Å². The van der Waals surface area contributed by atoms with Crippen LogP contribution in [0.25, 0.3) is 5.82 Å². The van der Waals surface area contributed by atoms with Crippen molar-refractivity contribution in [2.24, 2.45) is 0 Å². The average Bonchev–Trinajstić information content (AvgIpc) is 3.08. The van der Waals surface area contributed by atoms with Gasteiger partial charge in [0.05, 0.1) is 12.4 Å². The summed E-state index contributed by atoms with van der Waals surface area (Å²) in [6, 6.07) is 9.55. The van der Waals surface area contributed by atoms with Crippen molar-refractivity contribution in [2.45, 2.75) is 19.2 Å². The van der Waals surface area contributed by atoms with Gasteiger partial charge in [0.15, 0.2) is 5.82 Å². The molecule has 5 nitrogen and oxygen atoms in total. The van der Waals surface area contributed by atoms with Gasteiger partial charge in [0.1, 0.15) is 5.75 Å². The largest absolute Gasteiger partial charge is 0.573 e. The maximum Gasteiger partial charge on any atom is 0.573 e. The van der Waals surface area contributed by atoms with E-state index in [4.69, 9.17) is 0 Å². The monoisotopic (exact) mass is 334 g/mol. The molecule has 2 heterocycles. The van der Waals surface area contributed by atoms with Gasteiger partial charge in [0, 0.05) is 12.1 Å². The normalized spacial score (nSPS) is 12.8. The quantitative estimate of drug-likeness (QED) is 0.730. The Labute approximate surface area is 135 Å². The van der Waals surface area contributed by atoms with E-state index in [0.29, 0.717) is 5.82 Å². The van der Waals surface area contributed by atoms with Crippen LogP contribution in [0.2, 0.25) is 0 Å². The first-order valence-corrected chi connectivity index (χ1v) is 7.11. The molecule has 0 N–H and O–H groups in total. The van der Waals surface area contributed by atoms with E-state index >= 15 is 0 Å². The molecule has 8 heteroatoms. The molecule has 3 aromatic rings. The molecule has 24 heavy (non-hydrogen) atoms. The van der Waals surface area contributed by atoms with Crippen molar-refractivity contribution in [3.05, 3.63) is 66.1 Å². The predicted molar refractivity (Wildman–Crippen MR) is 79.8 cm³/mol. The van der Waals surface area contributed by atoms with Gasteiger partial charge in [-0.3, -0.25) is 0 Å². The third-order valence-electron chi connectivity index (χ3n) is 3.54. The van der Waals surface area contributed by atoms with Gasteiger partial charge in [-0.25, -0.2) is 9.67 Å². The highest BCUT2D eigenvalue weighted by Crippen LogP contribution is 2.28. The molecule has 0 saturated carbocycles. The van der Waals surface area contributed by atoms with Crippen LogP contribution in [0.15, 0.2) is 55.0 Å². The van der Waals surface area contributed by atoms with Crippen molar-refractivity contribution in [3.63, 3.8) is 0 Å². The molecule has 1 aromatic carbocycles. The van der Waals surface area contributed by atoms with Gasteiger partial charge in [-0.05, 0) is 35.4 Å². The molecule has 1 unspecified atom stereocenters. The molecule has 1 atom stereocenters. The fourth-order valence-electron chi connectivity index (χ4n) is 2.31. The number of nitrogens with zero attached hydrogens (tertiary/aromatic N) is 4. The number of benzene rings is 1. The first-order chi connectivity index (χ1) is 11.4. The van der Waals surface area contributed by atoms with Crippen molar-refractivity contribution in [1.82, 2.24) is 20.0 Å². The summed E-state index contributed by atoms with van der Waals surface area (Å²) in [6.45, 7) is 1.96. The fourth-order valence-corrected chi connectivity index (χ4v) is 2.31. The molecule has 0 saturated heterocycles. The van der Waals surface area contributed by atoms with E-state index in [2.05, 4.69) is 20.0 Å². The van der Waals surface area contributed by atoms with Crippen molar-refractivity contribution in [1.29, 1.82) is 0 Å². The molecular formula is C16H13F3N4O. The Bertz CT molecular complexity index is 801. The topological polar surface area (TPSA) is 52.8 Å². The summed E-state index contributed by atoms with van der Waals surface area (Å²) in [7, 11) is 0. The van der Waals surface area contributed by atoms with Gasteiger partial charge in [-0.1, -0.05) is 24.3 Å². The van der Waals surface area contributed by atoms with E-state index in [-0.39, 0.29) is 11.7 Å². The summed E-state index contributed by atoms with van der Waals surface area (Å²) in [5.41, 5.74) is 1.82. The number of ether oxygens (including phenoxy) is 1. The molecule has 0 fully saturated rings. The second-order valence-electron chi connectivity index (χ2n) is 5.13. The Morgan fingerprint density at radius 2 is 1.79 bits per heavy atom. The minimum Gasteiger partial charge on any atom is -0.406 e. The number of rotatable bonds is 4. The molecule has 0 aliphatic rings. The van der Waals surface area contributed by atoms with Crippen LogP contribution in [-0.2, 0) is 0 Å². The minimum atomic E-state index is -4.69. The Balaban J connectivity index is 1.81. The van der Waals surface area contributed by atoms with Gasteiger partial charge < -0.3 is 4.74 Å². The molecule has 124 valence electrons. The second kappa shape index (κ2) is 6.31. The summed E-state index contributed by atoms with van der Waals surface area (Å²) in [5, 5.41) is 7.62. The van der Waals surface area contributed by atoms with E-state index in [0.717, 1.165) is 11.1 Å². The Hall–Kier alpha value is -2.90. The lowest BCUT2D eigenvalue weighted by atomic mass is 9.94. The van der Waals surface area contributed by atoms with Crippen LogP contribution in [-0.4, -0.2) is 26.3 Å². The molecule has 2 aromatic heterocycles. The zero-order valence-electron chi connectivity index (χ0n) is 12.6. The maximum absolute atomic E-state index is 12.2. The Morgan fingerprint density at radius 3 is 2.42 bits per heavy atom. The molecule has 0 bridgehead atoms. The Morgan fingerprint density at radius 1 is 1.04 bits per heavy atom. The molecule has 0 radical (unpaired) electrons. The van der Waals surface area contributed by atoms with E-state index in [1.165, 1.54) is 16.8 Å². The van der Waals surface area contributed by atoms with Crippen molar-refractivity contribution in [3.8, 4) is 11.6 Å². The minimum absolute atomic E-state index is 0.0322. The summed E-state index contributed by atoms with van der Waals surface area (Å²) in [4.78, 5) is 4.23. The highest BCUT2D eigenvalue weighted by Gasteiger charge is 2.31.